The van der Waals surface area contributed by atoms with Crippen LogP contribution in [-0.4, -0.2) is 51.2 Å². The predicted octanol–water partition coefficient (Wildman–Crippen LogP) is 1.52. The summed E-state index contributed by atoms with van der Waals surface area (Å²) in [5.74, 6) is -0.779. The molecule has 23 heavy (non-hydrogen) atoms. The molecule has 0 bridgehead atoms. The Labute approximate surface area is 132 Å². The number of carboxylic acid groups (broad SMARTS) is 1. The fourth-order valence-electron chi connectivity index (χ4n) is 1.80. The number of hydrogen-bond acceptors (Lipinski definition) is 6. The van der Waals surface area contributed by atoms with E-state index in [1.807, 2.05) is 0 Å². The number of rotatable bonds is 5. The number of likely N-dealkylation sites (N-methyl/N-ethyl adjacent to an activating group) is 1. The maximum Gasteiger partial charge on any atom is 0.335 e. The van der Waals surface area contributed by atoms with Gasteiger partial charge in [-0.3, -0.25) is 10.8 Å². The molecule has 0 amide bonds. The van der Waals surface area contributed by atoms with Crippen LogP contribution in [0.15, 0.2) is 42.9 Å². The molecule has 0 saturated heterocycles. The Morgan fingerprint density at radius 3 is 2.78 bits per heavy atom. The third-order valence-corrected chi connectivity index (χ3v) is 3.13. The van der Waals surface area contributed by atoms with Crippen LogP contribution < -0.4 is 5.32 Å². The Morgan fingerprint density at radius 1 is 1.35 bits per heavy atom. The van der Waals surface area contributed by atoms with Gasteiger partial charge in [0, 0.05) is 18.9 Å². The second-order valence-electron chi connectivity index (χ2n) is 4.69. The van der Waals surface area contributed by atoms with Crippen LogP contribution in [0.25, 0.3) is 0 Å². The molecule has 8 heteroatoms. The van der Waals surface area contributed by atoms with Crippen LogP contribution in [0.3, 0.4) is 0 Å². The van der Waals surface area contributed by atoms with Crippen molar-refractivity contribution in [2.75, 3.05) is 18.9 Å². The van der Waals surface area contributed by atoms with Crippen molar-refractivity contribution in [2.45, 2.75) is 0 Å². The van der Waals surface area contributed by atoms with E-state index in [1.165, 1.54) is 29.6 Å². The zero-order chi connectivity index (χ0) is 16.8. The highest BCUT2D eigenvalue weighted by molar-refractivity contribution is 6.06. The smallest absolute Gasteiger partial charge is 0.335 e. The van der Waals surface area contributed by atoms with Gasteiger partial charge >= 0.3 is 5.97 Å². The second kappa shape index (κ2) is 7.12. The van der Waals surface area contributed by atoms with Gasteiger partial charge in [-0.25, -0.2) is 14.8 Å². The van der Waals surface area contributed by atoms with Crippen LogP contribution >= 0.6 is 0 Å². The van der Waals surface area contributed by atoms with E-state index in [4.69, 9.17) is 15.9 Å². The van der Waals surface area contributed by atoms with Gasteiger partial charge in [-0.05, 0) is 24.3 Å². The first-order valence-corrected chi connectivity index (χ1v) is 6.72. The Hall–Kier alpha value is -3.29. The minimum Gasteiger partial charge on any atom is -0.478 e. The van der Waals surface area contributed by atoms with Gasteiger partial charge in [-0.15, -0.1) is 0 Å². The number of carboxylic acids is 1. The van der Waals surface area contributed by atoms with E-state index in [0.717, 1.165) is 0 Å². The van der Waals surface area contributed by atoms with Crippen molar-refractivity contribution in [2.24, 2.45) is 0 Å². The van der Waals surface area contributed by atoms with Crippen molar-refractivity contribution in [3.8, 4) is 0 Å². The third kappa shape index (κ3) is 4.10. The molecular formula is C15H16N6O2. The lowest BCUT2D eigenvalue weighted by Gasteiger charge is -2.20. The molecule has 4 N–H and O–H groups in total. The topological polar surface area (TPSA) is 126 Å². The minimum atomic E-state index is -1.01. The maximum atomic E-state index is 10.9. The number of nitrogens with one attached hydrogen (secondary N) is 3. The van der Waals surface area contributed by atoms with E-state index in [2.05, 4.69) is 15.3 Å². The summed E-state index contributed by atoms with van der Waals surface area (Å²) >= 11 is 0. The quantitative estimate of drug-likeness (QED) is 0.490. The zero-order valence-corrected chi connectivity index (χ0v) is 12.4. The molecule has 0 radical (unpaired) electrons. The minimum absolute atomic E-state index is 0.0819. The summed E-state index contributed by atoms with van der Waals surface area (Å²) in [7, 11) is 1.60. The number of aromatic nitrogens is 2. The molecule has 8 nitrogen and oxygen atoms in total. The van der Waals surface area contributed by atoms with Gasteiger partial charge in [-0.1, -0.05) is 6.07 Å². The van der Waals surface area contributed by atoms with Crippen molar-refractivity contribution in [1.29, 1.82) is 10.8 Å². The molecule has 0 aliphatic rings. The van der Waals surface area contributed by atoms with Crippen LogP contribution in [0.4, 0.5) is 5.69 Å². The molecule has 118 valence electrons. The van der Waals surface area contributed by atoms with Crippen molar-refractivity contribution in [3.05, 3.63) is 54.1 Å². The van der Waals surface area contributed by atoms with Gasteiger partial charge in [-0.2, -0.15) is 0 Å². The lowest BCUT2D eigenvalue weighted by Crippen LogP contribution is -2.37. The highest BCUT2D eigenvalue weighted by atomic mass is 16.4. The van der Waals surface area contributed by atoms with E-state index in [9.17, 15) is 4.79 Å². The molecule has 2 rings (SSSR count). The summed E-state index contributed by atoms with van der Waals surface area (Å²) in [5.41, 5.74) is 1.18. The van der Waals surface area contributed by atoms with Crippen molar-refractivity contribution < 1.29 is 9.90 Å². The first kappa shape index (κ1) is 16.1. The number of amidine groups is 2. The summed E-state index contributed by atoms with van der Waals surface area (Å²) in [4.78, 5) is 20.1. The Balaban J connectivity index is 1.98. The number of hydrogen-bond donors (Lipinski definition) is 4. The largest absolute Gasteiger partial charge is 0.478 e. The number of nitrogens with zero attached hydrogens (tertiary/aromatic N) is 3. The Bertz CT molecular complexity index is 732. The summed E-state index contributed by atoms with van der Waals surface area (Å²) in [6.45, 7) is 0.146. The first-order chi connectivity index (χ1) is 11.0. The number of aromatic carboxylic acids is 1. The molecule has 0 saturated carbocycles. The van der Waals surface area contributed by atoms with Gasteiger partial charge in [0.1, 0.15) is 17.9 Å². The fraction of sp³-hybridized carbons (Fsp3) is 0.133. The van der Waals surface area contributed by atoms with Crippen molar-refractivity contribution in [3.63, 3.8) is 0 Å². The molecule has 1 aromatic carbocycles. The standard InChI is InChI=1S/C15H16N6O2/c1-21(14(17)12-5-6-18-9-20-12)13(16)8-19-11-4-2-3-10(7-11)15(22)23/h2-7,9,16-17,19H,8H2,1H3,(H,22,23). The van der Waals surface area contributed by atoms with Crippen LogP contribution in [0, 0.1) is 10.8 Å². The third-order valence-electron chi connectivity index (χ3n) is 3.13. The molecule has 0 unspecified atom stereocenters. The molecule has 1 aromatic heterocycles. The summed E-state index contributed by atoms with van der Waals surface area (Å²) in [6.07, 6.45) is 2.88. The maximum absolute atomic E-state index is 10.9. The van der Waals surface area contributed by atoms with Gasteiger partial charge < -0.3 is 15.3 Å². The first-order valence-electron chi connectivity index (χ1n) is 6.72. The van der Waals surface area contributed by atoms with E-state index in [0.29, 0.717) is 11.4 Å². The van der Waals surface area contributed by atoms with Gasteiger partial charge in [0.2, 0.25) is 0 Å². The average Bonchev–Trinajstić information content (AvgIpc) is 2.59. The predicted molar refractivity (Wildman–Crippen MR) is 86.2 cm³/mol. The van der Waals surface area contributed by atoms with Crippen LogP contribution in [0.2, 0.25) is 0 Å². The normalized spacial score (nSPS) is 9.96. The van der Waals surface area contributed by atoms with E-state index < -0.39 is 5.97 Å². The van der Waals surface area contributed by atoms with Crippen LogP contribution in [-0.2, 0) is 0 Å². The zero-order valence-electron chi connectivity index (χ0n) is 12.4. The monoisotopic (exact) mass is 312 g/mol. The van der Waals surface area contributed by atoms with Gasteiger partial charge in [0.05, 0.1) is 12.1 Å². The molecule has 1 heterocycles. The second-order valence-corrected chi connectivity index (χ2v) is 4.69. The number of carbonyl (C=O) groups is 1. The highest BCUT2D eigenvalue weighted by Crippen LogP contribution is 2.10. The van der Waals surface area contributed by atoms with Crippen LogP contribution in [0.5, 0.6) is 0 Å². The Kier molecular flexibility index (Phi) is 4.98. The number of anilines is 1. The number of benzene rings is 1. The molecule has 0 aliphatic carbocycles. The molecule has 0 fully saturated rings. The molecule has 0 spiro atoms. The lowest BCUT2D eigenvalue weighted by molar-refractivity contribution is 0.0697. The highest BCUT2D eigenvalue weighted by Gasteiger charge is 2.13. The van der Waals surface area contributed by atoms with Crippen LogP contribution in [0.1, 0.15) is 16.1 Å². The van der Waals surface area contributed by atoms with Gasteiger partial charge in [0.25, 0.3) is 0 Å². The van der Waals surface area contributed by atoms with Crippen molar-refractivity contribution >= 4 is 23.3 Å². The van der Waals surface area contributed by atoms with Crippen molar-refractivity contribution in [1.82, 2.24) is 14.9 Å². The Morgan fingerprint density at radius 2 is 2.13 bits per heavy atom. The SMILES string of the molecule is CN(C(=N)CNc1cccc(C(=O)O)c1)C(=N)c1ccncn1. The van der Waals surface area contributed by atoms with E-state index in [-0.39, 0.29) is 23.8 Å². The van der Waals surface area contributed by atoms with E-state index >= 15 is 0 Å². The summed E-state index contributed by atoms with van der Waals surface area (Å²) in [5, 5.41) is 28.0. The molecule has 0 aliphatic heterocycles. The summed E-state index contributed by atoms with van der Waals surface area (Å²) in [6, 6.07) is 7.93. The van der Waals surface area contributed by atoms with E-state index in [1.54, 1.807) is 25.2 Å². The van der Waals surface area contributed by atoms with Gasteiger partial charge in [0.15, 0.2) is 5.84 Å². The lowest BCUT2D eigenvalue weighted by atomic mass is 10.2. The molecule has 2 aromatic rings. The fourth-order valence-corrected chi connectivity index (χ4v) is 1.80. The molecule has 0 atom stereocenters. The molecular weight excluding hydrogens is 296 g/mol. The summed E-state index contributed by atoms with van der Waals surface area (Å²) < 4.78 is 0. The average molecular weight is 312 g/mol.